The number of fused-ring (bicyclic) bond motifs is 1. The third kappa shape index (κ3) is 2.70. The molecule has 0 spiro atoms. The highest BCUT2D eigenvalue weighted by atomic mass is 32.1. The summed E-state index contributed by atoms with van der Waals surface area (Å²) in [7, 11) is 1.19. The van der Waals surface area contributed by atoms with Crippen LogP contribution in [0.2, 0.25) is 0 Å². The van der Waals surface area contributed by atoms with Gasteiger partial charge in [0.05, 0.1) is 18.5 Å². The molecule has 18 heavy (non-hydrogen) atoms. The lowest BCUT2D eigenvalue weighted by Crippen LogP contribution is -2.36. The van der Waals surface area contributed by atoms with Crippen LogP contribution in [0.15, 0.2) is 6.07 Å². The van der Waals surface area contributed by atoms with Gasteiger partial charge in [-0.05, 0) is 30.9 Å². The molecule has 1 aromatic rings. The minimum absolute atomic E-state index is 0.131. The largest absolute Gasteiger partial charge is 0.467 e. The van der Waals surface area contributed by atoms with Crippen LogP contribution in [0.3, 0.4) is 0 Å². The quantitative estimate of drug-likeness (QED) is 0.781. The molecule has 1 aromatic heterocycles. The van der Waals surface area contributed by atoms with Gasteiger partial charge >= 0.3 is 5.97 Å². The Labute approximate surface area is 109 Å². The zero-order valence-electron chi connectivity index (χ0n) is 10.1. The highest BCUT2D eigenvalue weighted by Gasteiger charge is 2.20. The summed E-state index contributed by atoms with van der Waals surface area (Å²) >= 11 is 1.49. The highest BCUT2D eigenvalue weighted by Crippen LogP contribution is 2.30. The van der Waals surface area contributed by atoms with Crippen LogP contribution in [0, 0.1) is 0 Å². The van der Waals surface area contributed by atoms with Gasteiger partial charge in [-0.1, -0.05) is 0 Å². The van der Waals surface area contributed by atoms with Gasteiger partial charge in [0.25, 0.3) is 5.91 Å². The number of carbonyl (C=O) groups excluding carboxylic acids is 2. The number of ether oxygens (including phenoxy) is 1. The van der Waals surface area contributed by atoms with Crippen molar-refractivity contribution in [2.24, 2.45) is 0 Å². The number of aliphatic hydroxyl groups excluding tert-OH is 1. The maximum atomic E-state index is 11.8. The van der Waals surface area contributed by atoms with E-state index in [1.165, 1.54) is 28.9 Å². The molecule has 0 aromatic carbocycles. The second-order valence-corrected chi connectivity index (χ2v) is 5.30. The molecule has 0 aliphatic heterocycles. The molecule has 1 aliphatic carbocycles. The fourth-order valence-corrected chi connectivity index (χ4v) is 3.11. The average molecular weight is 269 g/mol. The van der Waals surface area contributed by atoms with Crippen molar-refractivity contribution in [1.82, 2.24) is 5.32 Å². The molecule has 0 bridgehead atoms. The fourth-order valence-electron chi connectivity index (χ4n) is 1.94. The Morgan fingerprint density at radius 1 is 1.56 bits per heavy atom. The maximum Gasteiger partial charge on any atom is 0.336 e. The number of hydrogen-bond donors (Lipinski definition) is 2. The van der Waals surface area contributed by atoms with Crippen LogP contribution >= 0.6 is 11.3 Å². The minimum atomic E-state index is -1.31. The lowest BCUT2D eigenvalue weighted by atomic mass is 10.2. The monoisotopic (exact) mass is 269 g/mol. The molecule has 1 heterocycles. The third-order valence-electron chi connectivity index (χ3n) is 2.90. The van der Waals surface area contributed by atoms with Crippen molar-refractivity contribution < 1.29 is 19.4 Å². The molecule has 0 radical (unpaired) electrons. The summed E-state index contributed by atoms with van der Waals surface area (Å²) in [5.41, 5.74) is 1.25. The molecule has 2 N–H and O–H groups in total. The molecule has 1 unspecified atom stereocenters. The maximum absolute atomic E-state index is 11.8. The topological polar surface area (TPSA) is 75.6 Å². The first-order valence-electron chi connectivity index (χ1n) is 5.77. The van der Waals surface area contributed by atoms with Crippen molar-refractivity contribution in [2.45, 2.75) is 25.4 Å². The predicted octanol–water partition coefficient (Wildman–Crippen LogP) is 0.500. The van der Waals surface area contributed by atoms with Crippen molar-refractivity contribution >= 4 is 23.2 Å². The van der Waals surface area contributed by atoms with Gasteiger partial charge in [0, 0.05) is 4.88 Å². The van der Waals surface area contributed by atoms with Crippen molar-refractivity contribution in [3.63, 3.8) is 0 Å². The fraction of sp³-hybridized carbons (Fsp3) is 0.500. The summed E-state index contributed by atoms with van der Waals surface area (Å²) in [5, 5.41) is 11.9. The second-order valence-electron chi connectivity index (χ2n) is 4.16. The number of carbonyl (C=O) groups is 2. The van der Waals surface area contributed by atoms with Gasteiger partial charge in [0.1, 0.15) is 0 Å². The van der Waals surface area contributed by atoms with Crippen LogP contribution in [0.25, 0.3) is 0 Å². The smallest absolute Gasteiger partial charge is 0.336 e. The minimum Gasteiger partial charge on any atom is -0.467 e. The van der Waals surface area contributed by atoms with E-state index in [1.807, 2.05) is 6.07 Å². The van der Waals surface area contributed by atoms with Gasteiger partial charge in [-0.25, -0.2) is 4.79 Å². The first kappa shape index (κ1) is 13.0. The van der Waals surface area contributed by atoms with Gasteiger partial charge in [-0.2, -0.15) is 0 Å². The molecule has 5 nitrogen and oxygen atoms in total. The standard InChI is InChI=1S/C12H15NO4S/c1-17-12(16)8(14)6-13-11(15)10-5-7-3-2-4-9(7)18-10/h5,8,14H,2-4,6H2,1H3,(H,13,15). The number of rotatable bonds is 4. The number of nitrogens with one attached hydrogen (secondary N) is 1. The number of thiophene rings is 1. The van der Waals surface area contributed by atoms with Gasteiger partial charge in [-0.15, -0.1) is 11.3 Å². The molecule has 6 heteroatoms. The van der Waals surface area contributed by atoms with Crippen molar-refractivity contribution in [2.75, 3.05) is 13.7 Å². The van der Waals surface area contributed by atoms with Crippen LogP contribution < -0.4 is 5.32 Å². The lowest BCUT2D eigenvalue weighted by Gasteiger charge is -2.08. The van der Waals surface area contributed by atoms with E-state index in [-0.39, 0.29) is 12.5 Å². The lowest BCUT2D eigenvalue weighted by molar-refractivity contribution is -0.149. The van der Waals surface area contributed by atoms with Gasteiger partial charge in [0.2, 0.25) is 0 Å². The summed E-state index contributed by atoms with van der Waals surface area (Å²) in [6.07, 6.45) is 1.91. The van der Waals surface area contributed by atoms with Crippen molar-refractivity contribution in [1.29, 1.82) is 0 Å². The first-order valence-corrected chi connectivity index (χ1v) is 6.59. The normalized spacial score (nSPS) is 15.0. The van der Waals surface area contributed by atoms with Gasteiger partial charge in [0.15, 0.2) is 6.10 Å². The Bertz CT molecular complexity index is 447. The predicted molar refractivity (Wildman–Crippen MR) is 66.7 cm³/mol. The Morgan fingerprint density at radius 2 is 2.33 bits per heavy atom. The molecule has 2 rings (SSSR count). The van der Waals surface area contributed by atoms with Gasteiger partial charge < -0.3 is 15.2 Å². The SMILES string of the molecule is COC(=O)C(O)CNC(=O)c1cc2c(s1)CCC2. The summed E-state index contributed by atoms with van der Waals surface area (Å²) in [6, 6.07) is 1.90. The molecule has 0 saturated carbocycles. The molecule has 0 fully saturated rings. The molecular formula is C12H15NO4S. The van der Waals surface area contributed by atoms with Crippen LogP contribution in [0.5, 0.6) is 0 Å². The van der Waals surface area contributed by atoms with Crippen molar-refractivity contribution in [3.05, 3.63) is 21.4 Å². The molecular weight excluding hydrogens is 254 g/mol. The van der Waals surface area contributed by atoms with Crippen LogP contribution in [-0.4, -0.2) is 36.7 Å². The van der Waals surface area contributed by atoms with E-state index >= 15 is 0 Å². The molecule has 1 amide bonds. The summed E-state index contributed by atoms with van der Waals surface area (Å²) in [5.74, 6) is -0.999. The highest BCUT2D eigenvalue weighted by molar-refractivity contribution is 7.14. The molecule has 1 atom stereocenters. The second kappa shape index (κ2) is 5.49. The van der Waals surface area contributed by atoms with Crippen molar-refractivity contribution in [3.8, 4) is 0 Å². The number of methoxy groups -OCH3 is 1. The Hall–Kier alpha value is -1.40. The van der Waals surface area contributed by atoms with Crippen LogP contribution in [0.1, 0.15) is 26.5 Å². The summed E-state index contributed by atoms with van der Waals surface area (Å²) < 4.78 is 4.36. The number of esters is 1. The third-order valence-corrected chi connectivity index (χ3v) is 4.14. The van der Waals surface area contributed by atoms with Gasteiger partial charge in [-0.3, -0.25) is 4.79 Å². The van der Waals surface area contributed by atoms with E-state index in [4.69, 9.17) is 0 Å². The Morgan fingerprint density at radius 3 is 3.00 bits per heavy atom. The van der Waals surface area contributed by atoms with Crippen LogP contribution in [0.4, 0.5) is 0 Å². The van der Waals surface area contributed by atoms with Crippen LogP contribution in [-0.2, 0) is 22.4 Å². The van der Waals surface area contributed by atoms with E-state index in [0.717, 1.165) is 19.3 Å². The summed E-state index contributed by atoms with van der Waals surface area (Å²) in [6.45, 7) is -0.131. The van der Waals surface area contributed by atoms with E-state index in [2.05, 4.69) is 10.1 Å². The zero-order valence-corrected chi connectivity index (χ0v) is 10.9. The van der Waals surface area contributed by atoms with E-state index < -0.39 is 12.1 Å². The van der Waals surface area contributed by atoms with E-state index in [1.54, 1.807) is 0 Å². The molecule has 1 aliphatic rings. The first-order chi connectivity index (χ1) is 8.61. The Kier molecular flexibility index (Phi) is 3.98. The number of aryl methyl sites for hydroxylation is 2. The molecule has 98 valence electrons. The number of hydrogen-bond acceptors (Lipinski definition) is 5. The number of aliphatic hydroxyl groups is 1. The number of amides is 1. The van der Waals surface area contributed by atoms with E-state index in [0.29, 0.717) is 4.88 Å². The van der Waals surface area contributed by atoms with E-state index in [9.17, 15) is 14.7 Å². The molecule has 0 saturated heterocycles. The zero-order chi connectivity index (χ0) is 13.1. The summed E-state index contributed by atoms with van der Waals surface area (Å²) in [4.78, 5) is 24.7. The Balaban J connectivity index is 1.90. The average Bonchev–Trinajstić information content (AvgIpc) is 2.94.